The number of H-pyrrole nitrogens is 2. The minimum atomic E-state index is -4.73. The number of aryl methyl sites for hydroxylation is 1. The molecule has 182 valence electrons. The van der Waals surface area contributed by atoms with Crippen molar-refractivity contribution in [3.8, 4) is 18.9 Å². The van der Waals surface area contributed by atoms with Crippen LogP contribution in [-0.4, -0.2) is 26.5 Å². The zero-order chi connectivity index (χ0) is 26.1. The van der Waals surface area contributed by atoms with E-state index < -0.39 is 12.3 Å². The molecule has 0 aliphatic heterocycles. The minimum Gasteiger partial charge on any atom is -0.379 e. The SMILES string of the molecule is C#C.CCCC(C)(C)C#N.Cc1cc(Nc2n[nH]c3cc[nH]c(=O)c23)ccc1C(O)C(F)(F)F. The first-order valence-electron chi connectivity index (χ1n) is 10.3. The van der Waals surface area contributed by atoms with Crippen molar-refractivity contribution in [1.29, 1.82) is 5.26 Å². The summed E-state index contributed by atoms with van der Waals surface area (Å²) in [6.45, 7) is 7.50. The van der Waals surface area contributed by atoms with Gasteiger partial charge in [-0.25, -0.2) is 0 Å². The van der Waals surface area contributed by atoms with Gasteiger partial charge in [-0.3, -0.25) is 9.89 Å². The van der Waals surface area contributed by atoms with E-state index in [1.54, 1.807) is 6.07 Å². The number of hydrogen-bond donors (Lipinski definition) is 4. The molecule has 3 aromatic rings. The van der Waals surface area contributed by atoms with Crippen LogP contribution in [0.5, 0.6) is 0 Å². The van der Waals surface area contributed by atoms with Crippen molar-refractivity contribution in [3.05, 3.63) is 51.9 Å². The smallest absolute Gasteiger partial charge is 0.379 e. The first kappa shape index (κ1) is 28.3. The summed E-state index contributed by atoms with van der Waals surface area (Å²) in [7, 11) is 0. The molecule has 3 rings (SSSR count). The molecule has 0 saturated carbocycles. The van der Waals surface area contributed by atoms with Gasteiger partial charge in [-0.2, -0.15) is 23.5 Å². The minimum absolute atomic E-state index is 0.102. The van der Waals surface area contributed by atoms with E-state index in [9.17, 15) is 23.1 Å². The molecule has 1 atom stereocenters. The fraction of sp³-hybridized carbons (Fsp3) is 0.375. The number of rotatable bonds is 5. The number of aromatic nitrogens is 3. The molecule has 0 spiro atoms. The Balaban J connectivity index is 0.000000493. The summed E-state index contributed by atoms with van der Waals surface area (Å²) in [5, 5.41) is 27.7. The standard InChI is InChI=1S/C15H13F3N4O2.C7H13N.C2H2/c1-7-6-8(2-3-9(7)12(23)15(16,17)18)20-13-11-10(21-22-13)4-5-19-14(11)24;1-4-5-7(2,3)6-8;1-2/h2-6,12,23H,1H3,(H,19,24)(H2,20,21,22);4-5H2,1-3H3;1-2H. The lowest BCUT2D eigenvalue weighted by Gasteiger charge is -2.17. The quantitative estimate of drug-likeness (QED) is 0.364. The van der Waals surface area contributed by atoms with Crippen LogP contribution < -0.4 is 10.9 Å². The highest BCUT2D eigenvalue weighted by atomic mass is 19.4. The summed E-state index contributed by atoms with van der Waals surface area (Å²) >= 11 is 0. The summed E-state index contributed by atoms with van der Waals surface area (Å²) in [6, 6.07) is 7.90. The monoisotopic (exact) mass is 475 g/mol. The molecule has 4 N–H and O–H groups in total. The zero-order valence-corrected chi connectivity index (χ0v) is 19.4. The third-order valence-corrected chi connectivity index (χ3v) is 4.80. The number of aromatic amines is 2. The second-order valence-corrected chi connectivity index (χ2v) is 8.05. The molecule has 1 aromatic carbocycles. The molecule has 34 heavy (non-hydrogen) atoms. The van der Waals surface area contributed by atoms with Crippen molar-refractivity contribution in [2.45, 2.75) is 52.8 Å². The van der Waals surface area contributed by atoms with E-state index in [0.717, 1.165) is 12.8 Å². The summed E-state index contributed by atoms with van der Waals surface area (Å²) in [5.74, 6) is 0.260. The van der Waals surface area contributed by atoms with Crippen LogP contribution in [0.25, 0.3) is 10.9 Å². The lowest BCUT2D eigenvalue weighted by molar-refractivity contribution is -0.206. The van der Waals surface area contributed by atoms with Gasteiger partial charge in [0.25, 0.3) is 5.56 Å². The molecule has 0 bridgehead atoms. The molecule has 0 saturated heterocycles. The average molecular weight is 476 g/mol. The van der Waals surface area contributed by atoms with Crippen LogP contribution in [-0.2, 0) is 0 Å². The first-order valence-corrected chi connectivity index (χ1v) is 10.3. The van der Waals surface area contributed by atoms with Crippen molar-refractivity contribution in [2.24, 2.45) is 5.41 Å². The van der Waals surface area contributed by atoms with Gasteiger partial charge in [-0.15, -0.1) is 12.8 Å². The van der Waals surface area contributed by atoms with Gasteiger partial charge < -0.3 is 15.4 Å². The molecule has 0 aliphatic rings. The molecule has 0 fully saturated rings. The third-order valence-electron chi connectivity index (χ3n) is 4.80. The summed E-state index contributed by atoms with van der Waals surface area (Å²) in [6.07, 6.45) is 4.31. The van der Waals surface area contributed by atoms with Gasteiger partial charge in [-0.05, 0) is 56.5 Å². The maximum atomic E-state index is 12.6. The highest BCUT2D eigenvalue weighted by molar-refractivity contribution is 5.90. The van der Waals surface area contributed by atoms with Crippen LogP contribution in [0.15, 0.2) is 35.3 Å². The van der Waals surface area contributed by atoms with Gasteiger partial charge in [-0.1, -0.05) is 19.4 Å². The number of alkyl halides is 3. The van der Waals surface area contributed by atoms with Gasteiger partial charge in [0.05, 0.1) is 17.0 Å². The Morgan fingerprint density at radius 1 is 1.26 bits per heavy atom. The fourth-order valence-corrected chi connectivity index (χ4v) is 3.12. The third kappa shape index (κ3) is 7.39. The number of pyridine rings is 1. The number of anilines is 2. The van der Waals surface area contributed by atoms with Gasteiger partial charge >= 0.3 is 6.18 Å². The summed E-state index contributed by atoms with van der Waals surface area (Å²) in [5.41, 5.74) is 0.569. The molecule has 7 nitrogen and oxygen atoms in total. The van der Waals surface area contributed by atoms with E-state index >= 15 is 0 Å². The second kappa shape index (κ2) is 11.9. The van der Waals surface area contributed by atoms with Gasteiger partial charge in [0.2, 0.25) is 0 Å². The Bertz CT molecular complexity index is 1200. The van der Waals surface area contributed by atoms with Gasteiger partial charge in [0.1, 0.15) is 5.39 Å². The van der Waals surface area contributed by atoms with Crippen molar-refractivity contribution in [2.75, 3.05) is 5.32 Å². The molecule has 0 aliphatic carbocycles. The predicted octanol–water partition coefficient (Wildman–Crippen LogP) is 5.48. The largest absolute Gasteiger partial charge is 0.418 e. The Kier molecular flexibility index (Phi) is 9.91. The lowest BCUT2D eigenvalue weighted by atomic mass is 9.90. The first-order chi connectivity index (χ1) is 15.9. The maximum absolute atomic E-state index is 12.6. The number of aliphatic hydroxyl groups is 1. The number of halogens is 3. The highest BCUT2D eigenvalue weighted by Gasteiger charge is 2.40. The van der Waals surface area contributed by atoms with Crippen LogP contribution in [0, 0.1) is 36.5 Å². The number of nitrogens with zero attached hydrogens (tertiary/aromatic N) is 2. The topological polar surface area (TPSA) is 118 Å². The van der Waals surface area contributed by atoms with Gasteiger partial charge in [0.15, 0.2) is 11.9 Å². The van der Waals surface area contributed by atoms with Crippen LogP contribution in [0.3, 0.4) is 0 Å². The second-order valence-electron chi connectivity index (χ2n) is 8.05. The van der Waals surface area contributed by atoms with Crippen LogP contribution in [0.1, 0.15) is 50.8 Å². The molecular formula is C24H28F3N5O2. The van der Waals surface area contributed by atoms with E-state index in [2.05, 4.69) is 46.3 Å². The Morgan fingerprint density at radius 2 is 1.91 bits per heavy atom. The maximum Gasteiger partial charge on any atom is 0.418 e. The van der Waals surface area contributed by atoms with Crippen molar-refractivity contribution in [3.63, 3.8) is 0 Å². The number of benzene rings is 1. The van der Waals surface area contributed by atoms with Crippen molar-refractivity contribution in [1.82, 2.24) is 15.2 Å². The van der Waals surface area contributed by atoms with E-state index in [1.165, 1.54) is 31.3 Å². The molecule has 10 heteroatoms. The number of hydrogen-bond acceptors (Lipinski definition) is 5. The Labute approximate surface area is 196 Å². The molecule has 2 heterocycles. The number of nitriles is 1. The lowest BCUT2D eigenvalue weighted by Crippen LogP contribution is -2.21. The molecule has 0 radical (unpaired) electrons. The Hall–Kier alpha value is -3.76. The van der Waals surface area contributed by atoms with Crippen molar-refractivity contribution >= 4 is 22.4 Å². The molecular weight excluding hydrogens is 447 g/mol. The van der Waals surface area contributed by atoms with E-state index in [4.69, 9.17) is 5.26 Å². The summed E-state index contributed by atoms with van der Waals surface area (Å²) < 4.78 is 37.9. The zero-order valence-electron chi connectivity index (χ0n) is 19.4. The summed E-state index contributed by atoms with van der Waals surface area (Å²) in [4.78, 5) is 14.4. The highest BCUT2D eigenvalue weighted by Crippen LogP contribution is 2.35. The van der Waals surface area contributed by atoms with Crippen LogP contribution in [0.2, 0.25) is 0 Å². The molecule has 1 unspecified atom stereocenters. The average Bonchev–Trinajstić information content (AvgIpc) is 3.19. The Morgan fingerprint density at radius 3 is 2.41 bits per heavy atom. The fourth-order valence-electron chi connectivity index (χ4n) is 3.12. The number of fused-ring (bicyclic) bond motifs is 1. The van der Waals surface area contributed by atoms with Gasteiger partial charge in [0, 0.05) is 11.9 Å². The van der Waals surface area contributed by atoms with E-state index in [1.807, 2.05) is 13.8 Å². The normalized spacial score (nSPS) is 11.9. The molecule has 0 amide bonds. The van der Waals surface area contributed by atoms with Crippen LogP contribution in [0.4, 0.5) is 24.7 Å². The number of aliphatic hydroxyl groups excluding tert-OH is 1. The number of nitrogens with one attached hydrogen (secondary N) is 3. The van der Waals surface area contributed by atoms with Crippen LogP contribution >= 0.6 is 0 Å². The van der Waals surface area contributed by atoms with Crippen molar-refractivity contribution < 1.29 is 18.3 Å². The molecule has 2 aromatic heterocycles. The number of terminal acetylenes is 1. The van der Waals surface area contributed by atoms with E-state index in [0.29, 0.717) is 16.6 Å². The predicted molar refractivity (Wildman–Crippen MR) is 126 cm³/mol. The van der Waals surface area contributed by atoms with E-state index in [-0.39, 0.29) is 27.9 Å².